The van der Waals surface area contributed by atoms with E-state index in [0.29, 0.717) is 38.3 Å². The van der Waals surface area contributed by atoms with Crippen LogP contribution in [0.2, 0.25) is 0 Å². The zero-order valence-electron chi connectivity index (χ0n) is 14.7. The maximum absolute atomic E-state index is 11.2. The van der Waals surface area contributed by atoms with E-state index in [-0.39, 0.29) is 11.9 Å². The molecule has 5 heteroatoms. The Morgan fingerprint density at radius 3 is 1.65 bits per heavy atom. The molecule has 5 nitrogen and oxygen atoms in total. The van der Waals surface area contributed by atoms with Crippen molar-refractivity contribution in [3.05, 3.63) is 0 Å². The molecule has 0 aliphatic carbocycles. The van der Waals surface area contributed by atoms with Crippen LogP contribution in [0.5, 0.6) is 0 Å². The molecule has 2 atom stereocenters. The highest BCUT2D eigenvalue weighted by atomic mass is 16.5. The van der Waals surface area contributed by atoms with Crippen LogP contribution in [0, 0.1) is 0 Å². The molecule has 0 unspecified atom stereocenters. The molecule has 1 heterocycles. The van der Waals surface area contributed by atoms with Gasteiger partial charge in [-0.15, -0.1) is 0 Å². The van der Waals surface area contributed by atoms with Gasteiger partial charge in [-0.1, -0.05) is 12.8 Å². The normalized spacial score (nSPS) is 20.4. The van der Waals surface area contributed by atoms with E-state index >= 15 is 0 Å². The van der Waals surface area contributed by atoms with Gasteiger partial charge in [0.15, 0.2) is 0 Å². The van der Waals surface area contributed by atoms with E-state index < -0.39 is 0 Å². The number of unbranched alkanes of at least 4 members (excludes halogenated alkanes) is 2. The van der Waals surface area contributed by atoms with Crippen LogP contribution in [0.15, 0.2) is 0 Å². The van der Waals surface area contributed by atoms with Gasteiger partial charge in [0.05, 0.1) is 25.4 Å². The second kappa shape index (κ2) is 12.3. The van der Waals surface area contributed by atoms with Crippen LogP contribution in [0.25, 0.3) is 0 Å². The van der Waals surface area contributed by atoms with Gasteiger partial charge < -0.3 is 14.2 Å². The van der Waals surface area contributed by atoms with Crippen molar-refractivity contribution >= 4 is 11.9 Å². The Hall–Kier alpha value is -1.10. The Morgan fingerprint density at radius 1 is 0.826 bits per heavy atom. The summed E-state index contributed by atoms with van der Waals surface area (Å²) in [7, 11) is 0. The van der Waals surface area contributed by atoms with E-state index in [2.05, 4.69) is 0 Å². The predicted octanol–water partition coefficient (Wildman–Crippen LogP) is 3.78. The largest absolute Gasteiger partial charge is 0.466 e. The Bertz CT molecular complexity index is 310. The smallest absolute Gasteiger partial charge is 0.305 e. The molecule has 0 spiro atoms. The molecule has 0 aromatic rings. The molecule has 0 aromatic heterocycles. The van der Waals surface area contributed by atoms with Gasteiger partial charge >= 0.3 is 11.9 Å². The molecule has 134 valence electrons. The molecule has 0 aromatic carbocycles. The highest BCUT2D eigenvalue weighted by molar-refractivity contribution is 5.69. The van der Waals surface area contributed by atoms with Crippen LogP contribution in [-0.2, 0) is 23.8 Å². The van der Waals surface area contributed by atoms with E-state index in [0.717, 1.165) is 51.4 Å². The van der Waals surface area contributed by atoms with Gasteiger partial charge in [-0.3, -0.25) is 9.59 Å². The summed E-state index contributed by atoms with van der Waals surface area (Å²) in [5.74, 6) is -0.196. The van der Waals surface area contributed by atoms with E-state index in [1.807, 2.05) is 13.8 Å². The third-order valence-electron chi connectivity index (χ3n) is 4.12. The minimum Gasteiger partial charge on any atom is -0.466 e. The van der Waals surface area contributed by atoms with Crippen LogP contribution < -0.4 is 0 Å². The molecule has 0 bridgehead atoms. The van der Waals surface area contributed by atoms with Gasteiger partial charge in [-0.2, -0.15) is 0 Å². The zero-order chi connectivity index (χ0) is 16.9. The van der Waals surface area contributed by atoms with Crippen molar-refractivity contribution in [3.63, 3.8) is 0 Å². The maximum atomic E-state index is 11.2. The number of carbonyl (C=O) groups is 2. The fraction of sp³-hybridized carbons (Fsp3) is 0.889. The van der Waals surface area contributed by atoms with Crippen molar-refractivity contribution in [2.75, 3.05) is 13.2 Å². The standard InChI is InChI=1S/C18H32O5/c1-3-21-17(19)11-7-5-9-15-13-14-16(23-15)10-6-8-12-18(20)22-4-2/h15-16H,3-14H2,1-2H3/t15-,16+. The fourth-order valence-corrected chi connectivity index (χ4v) is 2.95. The minimum absolute atomic E-state index is 0.0979. The molecule has 1 aliphatic rings. The highest BCUT2D eigenvalue weighted by Gasteiger charge is 2.24. The average Bonchev–Trinajstić information content (AvgIpc) is 2.97. The summed E-state index contributed by atoms with van der Waals surface area (Å²) < 4.78 is 15.9. The topological polar surface area (TPSA) is 61.8 Å². The van der Waals surface area contributed by atoms with E-state index in [1.54, 1.807) is 0 Å². The molecule has 0 amide bonds. The summed E-state index contributed by atoms with van der Waals surface area (Å²) in [5.41, 5.74) is 0. The number of rotatable bonds is 12. The Kier molecular flexibility index (Phi) is 10.7. The van der Waals surface area contributed by atoms with Crippen molar-refractivity contribution < 1.29 is 23.8 Å². The SMILES string of the molecule is CCOC(=O)CCCC[C@@H]1CC[C@H](CCCCC(=O)OCC)O1. The zero-order valence-corrected chi connectivity index (χ0v) is 14.7. The van der Waals surface area contributed by atoms with Gasteiger partial charge in [0, 0.05) is 12.8 Å². The van der Waals surface area contributed by atoms with Crippen molar-refractivity contribution in [3.8, 4) is 0 Å². The van der Waals surface area contributed by atoms with Crippen LogP contribution in [0.4, 0.5) is 0 Å². The van der Waals surface area contributed by atoms with Gasteiger partial charge in [-0.05, 0) is 52.4 Å². The minimum atomic E-state index is -0.0979. The van der Waals surface area contributed by atoms with Gasteiger partial charge in [-0.25, -0.2) is 0 Å². The summed E-state index contributed by atoms with van der Waals surface area (Å²) >= 11 is 0. The fourth-order valence-electron chi connectivity index (χ4n) is 2.95. The number of esters is 2. The molecular formula is C18H32O5. The van der Waals surface area contributed by atoms with Crippen LogP contribution in [0.3, 0.4) is 0 Å². The number of hydrogen-bond donors (Lipinski definition) is 0. The van der Waals surface area contributed by atoms with E-state index in [4.69, 9.17) is 14.2 Å². The monoisotopic (exact) mass is 328 g/mol. The van der Waals surface area contributed by atoms with Gasteiger partial charge in [0.2, 0.25) is 0 Å². The number of hydrogen-bond acceptors (Lipinski definition) is 5. The first-order valence-corrected chi connectivity index (χ1v) is 9.12. The first-order valence-electron chi connectivity index (χ1n) is 9.12. The van der Waals surface area contributed by atoms with Crippen molar-refractivity contribution in [1.29, 1.82) is 0 Å². The van der Waals surface area contributed by atoms with Crippen molar-refractivity contribution in [2.24, 2.45) is 0 Å². The van der Waals surface area contributed by atoms with Gasteiger partial charge in [0.25, 0.3) is 0 Å². The average molecular weight is 328 g/mol. The molecule has 0 radical (unpaired) electrons. The predicted molar refractivity (Wildman–Crippen MR) is 88.1 cm³/mol. The molecule has 1 aliphatic heterocycles. The van der Waals surface area contributed by atoms with E-state index in [1.165, 1.54) is 0 Å². The van der Waals surface area contributed by atoms with Gasteiger partial charge in [0.1, 0.15) is 0 Å². The lowest BCUT2D eigenvalue weighted by atomic mass is 10.1. The lowest BCUT2D eigenvalue weighted by Crippen LogP contribution is -2.11. The third kappa shape index (κ3) is 9.59. The van der Waals surface area contributed by atoms with Crippen LogP contribution in [0.1, 0.15) is 78.1 Å². The maximum Gasteiger partial charge on any atom is 0.305 e. The second-order valence-corrected chi connectivity index (χ2v) is 6.06. The summed E-state index contributed by atoms with van der Waals surface area (Å²) in [4.78, 5) is 22.5. The summed E-state index contributed by atoms with van der Waals surface area (Å²) in [6.45, 7) is 4.58. The summed E-state index contributed by atoms with van der Waals surface area (Å²) in [6.07, 6.45) is 9.76. The van der Waals surface area contributed by atoms with Crippen LogP contribution in [-0.4, -0.2) is 37.4 Å². The molecule has 1 saturated heterocycles. The Morgan fingerprint density at radius 2 is 1.26 bits per heavy atom. The molecule has 0 saturated carbocycles. The second-order valence-electron chi connectivity index (χ2n) is 6.06. The van der Waals surface area contributed by atoms with Crippen molar-refractivity contribution in [2.45, 2.75) is 90.3 Å². The van der Waals surface area contributed by atoms with Crippen LogP contribution >= 0.6 is 0 Å². The number of ether oxygens (including phenoxy) is 3. The van der Waals surface area contributed by atoms with Crippen molar-refractivity contribution in [1.82, 2.24) is 0 Å². The first kappa shape index (κ1) is 19.9. The molecule has 0 N–H and O–H groups in total. The molecular weight excluding hydrogens is 296 g/mol. The molecule has 1 rings (SSSR count). The molecule has 1 fully saturated rings. The first-order chi connectivity index (χ1) is 11.2. The summed E-state index contributed by atoms with van der Waals surface area (Å²) in [6, 6.07) is 0. The number of carbonyl (C=O) groups excluding carboxylic acids is 2. The third-order valence-corrected chi connectivity index (χ3v) is 4.12. The van der Waals surface area contributed by atoms with E-state index in [9.17, 15) is 9.59 Å². The Balaban J connectivity index is 1.98. The Labute approximate surface area is 140 Å². The molecule has 23 heavy (non-hydrogen) atoms. The summed E-state index contributed by atoms with van der Waals surface area (Å²) in [5, 5.41) is 0. The quantitative estimate of drug-likeness (QED) is 0.403. The highest BCUT2D eigenvalue weighted by Crippen LogP contribution is 2.27. The lowest BCUT2D eigenvalue weighted by molar-refractivity contribution is -0.144. The lowest BCUT2D eigenvalue weighted by Gasteiger charge is -2.13.